The van der Waals surface area contributed by atoms with Gasteiger partial charge in [0.25, 0.3) is 0 Å². The Balaban J connectivity index is 4.74. The SMILES string of the molecule is CNC(=O)CN(C)C(=O)C(C)(C)C(C)(C)N. The van der Waals surface area contributed by atoms with Crippen molar-refractivity contribution in [3.8, 4) is 0 Å². The fourth-order valence-corrected chi connectivity index (χ4v) is 1.12. The second-order valence-corrected chi connectivity index (χ2v) is 5.18. The van der Waals surface area contributed by atoms with Gasteiger partial charge in [0.05, 0.1) is 12.0 Å². The van der Waals surface area contributed by atoms with Crippen LogP contribution in [-0.4, -0.2) is 42.9 Å². The molecular formula is C11H23N3O2. The maximum absolute atomic E-state index is 12.1. The summed E-state index contributed by atoms with van der Waals surface area (Å²) in [4.78, 5) is 24.7. The van der Waals surface area contributed by atoms with Gasteiger partial charge in [0.2, 0.25) is 11.8 Å². The van der Waals surface area contributed by atoms with E-state index in [1.807, 2.05) is 0 Å². The Morgan fingerprint density at radius 3 is 2.00 bits per heavy atom. The monoisotopic (exact) mass is 229 g/mol. The molecule has 0 aliphatic rings. The summed E-state index contributed by atoms with van der Waals surface area (Å²) in [5.74, 6) is -0.329. The molecule has 5 heteroatoms. The molecule has 0 aromatic carbocycles. The molecular weight excluding hydrogens is 206 g/mol. The molecule has 0 aromatic rings. The Morgan fingerprint density at radius 2 is 1.69 bits per heavy atom. The van der Waals surface area contributed by atoms with Crippen molar-refractivity contribution < 1.29 is 9.59 Å². The first-order valence-electron chi connectivity index (χ1n) is 5.29. The molecule has 94 valence electrons. The Labute approximate surface area is 97.4 Å². The van der Waals surface area contributed by atoms with Crippen LogP contribution in [0, 0.1) is 5.41 Å². The van der Waals surface area contributed by atoms with Crippen LogP contribution >= 0.6 is 0 Å². The van der Waals surface area contributed by atoms with Gasteiger partial charge in [0.1, 0.15) is 0 Å². The minimum Gasteiger partial charge on any atom is -0.358 e. The smallest absolute Gasteiger partial charge is 0.239 e. The van der Waals surface area contributed by atoms with Gasteiger partial charge in [-0.1, -0.05) is 0 Å². The van der Waals surface area contributed by atoms with E-state index >= 15 is 0 Å². The molecule has 0 radical (unpaired) electrons. The highest BCUT2D eigenvalue weighted by Crippen LogP contribution is 2.30. The predicted molar refractivity (Wildman–Crippen MR) is 63.8 cm³/mol. The van der Waals surface area contributed by atoms with Crippen molar-refractivity contribution in [3.05, 3.63) is 0 Å². The quantitative estimate of drug-likeness (QED) is 0.710. The van der Waals surface area contributed by atoms with E-state index in [0.29, 0.717) is 0 Å². The summed E-state index contributed by atoms with van der Waals surface area (Å²) < 4.78 is 0. The molecule has 0 saturated carbocycles. The maximum Gasteiger partial charge on any atom is 0.239 e. The molecule has 0 atom stereocenters. The zero-order chi connectivity index (χ0) is 13.1. The molecule has 0 rings (SSSR count). The fourth-order valence-electron chi connectivity index (χ4n) is 1.12. The van der Waals surface area contributed by atoms with Crippen molar-refractivity contribution in [1.29, 1.82) is 0 Å². The number of likely N-dealkylation sites (N-methyl/N-ethyl adjacent to an activating group) is 2. The number of hydrogen-bond donors (Lipinski definition) is 2. The Morgan fingerprint density at radius 1 is 1.25 bits per heavy atom. The van der Waals surface area contributed by atoms with Crippen LogP contribution in [0.5, 0.6) is 0 Å². The Bertz CT molecular complexity index is 279. The maximum atomic E-state index is 12.1. The number of nitrogens with one attached hydrogen (secondary N) is 1. The minimum absolute atomic E-state index is 0.0504. The van der Waals surface area contributed by atoms with E-state index in [1.165, 1.54) is 4.90 Å². The summed E-state index contributed by atoms with van der Waals surface area (Å²) in [5.41, 5.74) is 4.62. The zero-order valence-electron chi connectivity index (χ0n) is 11.0. The lowest BCUT2D eigenvalue weighted by Crippen LogP contribution is -2.56. The second-order valence-electron chi connectivity index (χ2n) is 5.18. The van der Waals surface area contributed by atoms with Crippen molar-refractivity contribution in [2.45, 2.75) is 33.2 Å². The molecule has 5 nitrogen and oxygen atoms in total. The molecule has 0 aromatic heterocycles. The number of amides is 2. The van der Waals surface area contributed by atoms with Gasteiger partial charge in [-0.2, -0.15) is 0 Å². The third kappa shape index (κ3) is 3.20. The van der Waals surface area contributed by atoms with Crippen molar-refractivity contribution in [2.75, 3.05) is 20.6 Å². The van der Waals surface area contributed by atoms with Crippen LogP contribution < -0.4 is 11.1 Å². The van der Waals surface area contributed by atoms with Crippen LogP contribution in [0.3, 0.4) is 0 Å². The van der Waals surface area contributed by atoms with Gasteiger partial charge in [-0.15, -0.1) is 0 Å². The first-order valence-corrected chi connectivity index (χ1v) is 5.29. The van der Waals surface area contributed by atoms with E-state index in [0.717, 1.165) is 0 Å². The topological polar surface area (TPSA) is 75.4 Å². The molecule has 0 spiro atoms. The fraction of sp³-hybridized carbons (Fsp3) is 0.818. The molecule has 16 heavy (non-hydrogen) atoms. The standard InChI is InChI=1S/C11H23N3O2/c1-10(2,11(3,4)12)9(16)14(6)7-8(15)13-5/h7,12H2,1-6H3,(H,13,15). The summed E-state index contributed by atoms with van der Waals surface area (Å²) in [6.07, 6.45) is 0. The van der Waals surface area contributed by atoms with Crippen molar-refractivity contribution >= 4 is 11.8 Å². The largest absolute Gasteiger partial charge is 0.358 e. The van der Waals surface area contributed by atoms with E-state index in [-0.39, 0.29) is 18.4 Å². The van der Waals surface area contributed by atoms with Crippen molar-refractivity contribution in [1.82, 2.24) is 10.2 Å². The van der Waals surface area contributed by atoms with Crippen LogP contribution in [0.4, 0.5) is 0 Å². The number of carbonyl (C=O) groups is 2. The van der Waals surface area contributed by atoms with Crippen LogP contribution in [0.15, 0.2) is 0 Å². The van der Waals surface area contributed by atoms with Crippen molar-refractivity contribution in [3.63, 3.8) is 0 Å². The van der Waals surface area contributed by atoms with Crippen LogP contribution in [0.1, 0.15) is 27.7 Å². The molecule has 0 fully saturated rings. The van der Waals surface area contributed by atoms with Crippen LogP contribution in [-0.2, 0) is 9.59 Å². The van der Waals surface area contributed by atoms with E-state index in [1.54, 1.807) is 41.8 Å². The second kappa shape index (κ2) is 4.82. The third-order valence-electron chi connectivity index (χ3n) is 3.15. The summed E-state index contributed by atoms with van der Waals surface area (Å²) >= 11 is 0. The zero-order valence-corrected chi connectivity index (χ0v) is 11.0. The highest BCUT2D eigenvalue weighted by atomic mass is 16.2. The predicted octanol–water partition coefficient (Wildman–Crippen LogP) is -0.0457. The lowest BCUT2D eigenvalue weighted by atomic mass is 9.74. The first-order chi connectivity index (χ1) is 7.04. The van der Waals surface area contributed by atoms with Gasteiger partial charge in [0, 0.05) is 19.6 Å². The molecule has 0 saturated heterocycles. The van der Waals surface area contributed by atoms with Gasteiger partial charge in [0.15, 0.2) is 0 Å². The van der Waals surface area contributed by atoms with Gasteiger partial charge >= 0.3 is 0 Å². The number of nitrogens with two attached hydrogens (primary N) is 1. The minimum atomic E-state index is -0.713. The average molecular weight is 229 g/mol. The lowest BCUT2D eigenvalue weighted by Gasteiger charge is -2.39. The molecule has 2 amide bonds. The van der Waals surface area contributed by atoms with Crippen LogP contribution in [0.2, 0.25) is 0 Å². The number of rotatable bonds is 4. The number of hydrogen-bond acceptors (Lipinski definition) is 3. The number of carbonyl (C=O) groups excluding carboxylic acids is 2. The van der Waals surface area contributed by atoms with E-state index < -0.39 is 11.0 Å². The van der Waals surface area contributed by atoms with Gasteiger partial charge < -0.3 is 16.0 Å². The summed E-state index contributed by atoms with van der Waals surface area (Å²) in [6, 6.07) is 0. The Hall–Kier alpha value is -1.10. The van der Waals surface area contributed by atoms with E-state index in [4.69, 9.17) is 5.73 Å². The normalized spacial score (nSPS) is 12.2. The van der Waals surface area contributed by atoms with E-state index in [9.17, 15) is 9.59 Å². The molecule has 0 aliphatic carbocycles. The van der Waals surface area contributed by atoms with Gasteiger partial charge in [-0.3, -0.25) is 9.59 Å². The van der Waals surface area contributed by atoms with Gasteiger partial charge in [-0.05, 0) is 27.7 Å². The highest BCUT2D eigenvalue weighted by molar-refractivity contribution is 5.88. The lowest BCUT2D eigenvalue weighted by molar-refractivity contribution is -0.144. The summed E-state index contributed by atoms with van der Waals surface area (Å²) in [7, 11) is 3.14. The van der Waals surface area contributed by atoms with Crippen molar-refractivity contribution in [2.24, 2.45) is 11.1 Å². The number of nitrogens with zero attached hydrogens (tertiary/aromatic N) is 1. The summed E-state index contributed by atoms with van der Waals surface area (Å²) in [5, 5.41) is 2.48. The third-order valence-corrected chi connectivity index (χ3v) is 3.15. The molecule has 0 unspecified atom stereocenters. The van der Waals surface area contributed by atoms with E-state index in [2.05, 4.69) is 5.32 Å². The molecule has 0 aliphatic heterocycles. The molecule has 3 N–H and O–H groups in total. The first kappa shape index (κ1) is 14.9. The molecule has 0 heterocycles. The highest BCUT2D eigenvalue weighted by Gasteiger charge is 2.42. The van der Waals surface area contributed by atoms with Crippen LogP contribution in [0.25, 0.3) is 0 Å². The Kier molecular flexibility index (Phi) is 4.49. The van der Waals surface area contributed by atoms with Gasteiger partial charge in [-0.25, -0.2) is 0 Å². The summed E-state index contributed by atoms with van der Waals surface area (Å²) in [6.45, 7) is 7.23. The molecule has 0 bridgehead atoms. The average Bonchev–Trinajstić information content (AvgIpc) is 2.14.